The molecule has 0 aromatic heterocycles. The van der Waals surface area contributed by atoms with Gasteiger partial charge in [0.1, 0.15) is 17.1 Å². The van der Waals surface area contributed by atoms with Crippen LogP contribution in [0.3, 0.4) is 0 Å². The van der Waals surface area contributed by atoms with E-state index < -0.39 is 29.3 Å². The molecule has 1 unspecified atom stereocenters. The lowest BCUT2D eigenvalue weighted by molar-refractivity contribution is -0.0626. The second-order valence-corrected chi connectivity index (χ2v) is 7.01. The smallest absolute Gasteiger partial charge is 0.413 e. The second-order valence-electron chi connectivity index (χ2n) is 7.01. The summed E-state index contributed by atoms with van der Waals surface area (Å²) in [4.78, 5) is 14.1. The van der Waals surface area contributed by atoms with Gasteiger partial charge in [-0.3, -0.25) is 10.7 Å². The highest BCUT2D eigenvalue weighted by Crippen LogP contribution is 2.38. The molecule has 1 aliphatic heterocycles. The fraction of sp³-hybridized carbons (Fsp3) is 0.562. The summed E-state index contributed by atoms with van der Waals surface area (Å²) in [6.07, 6.45) is -0.494. The van der Waals surface area contributed by atoms with Crippen LogP contribution in [0, 0.1) is 5.82 Å². The van der Waals surface area contributed by atoms with E-state index in [1.54, 1.807) is 40.7 Å². The number of hydrazine groups is 1. The van der Waals surface area contributed by atoms with Gasteiger partial charge in [0.25, 0.3) is 0 Å². The zero-order valence-corrected chi connectivity index (χ0v) is 14.1. The fourth-order valence-electron chi connectivity index (χ4n) is 2.56. The number of carbonyl (C=O) groups excluding carboxylic acids is 1. The van der Waals surface area contributed by atoms with E-state index in [1.807, 2.05) is 0 Å². The second kappa shape index (κ2) is 5.98. The molecule has 1 aromatic carbocycles. The lowest BCUT2D eigenvalue weighted by Gasteiger charge is -2.35. The first-order valence-electron chi connectivity index (χ1n) is 7.47. The van der Waals surface area contributed by atoms with Crippen LogP contribution in [0.15, 0.2) is 18.2 Å². The number of anilines is 1. The summed E-state index contributed by atoms with van der Waals surface area (Å²) in [7, 11) is 0. The molecule has 1 heterocycles. The molecule has 0 bridgehead atoms. The first kappa shape index (κ1) is 17.5. The molecule has 0 radical (unpaired) electrons. The van der Waals surface area contributed by atoms with E-state index in [4.69, 9.17) is 15.3 Å². The van der Waals surface area contributed by atoms with E-state index in [2.05, 4.69) is 5.43 Å². The normalized spacial score (nSPS) is 20.5. The number of nitrogens with two attached hydrogens (primary N) is 1. The topological polar surface area (TPSA) is 76.8 Å². The third kappa shape index (κ3) is 3.73. The highest BCUT2D eigenvalue weighted by Gasteiger charge is 2.46. The van der Waals surface area contributed by atoms with Crippen molar-refractivity contribution in [1.29, 1.82) is 0 Å². The zero-order chi connectivity index (χ0) is 17.4. The molecule has 23 heavy (non-hydrogen) atoms. The lowest BCUT2D eigenvalue weighted by Crippen LogP contribution is -2.47. The van der Waals surface area contributed by atoms with Gasteiger partial charge < -0.3 is 14.9 Å². The van der Waals surface area contributed by atoms with Crippen molar-refractivity contribution < 1.29 is 18.7 Å². The van der Waals surface area contributed by atoms with Crippen LogP contribution in [0.4, 0.5) is 14.9 Å². The van der Waals surface area contributed by atoms with Gasteiger partial charge in [-0.15, -0.1) is 0 Å². The number of nitrogens with zero attached hydrogens (tertiary/aromatic N) is 1. The average Bonchev–Trinajstić information content (AvgIpc) is 2.72. The van der Waals surface area contributed by atoms with E-state index in [0.29, 0.717) is 5.56 Å². The fourth-order valence-corrected chi connectivity index (χ4v) is 2.56. The average molecular weight is 325 g/mol. The lowest BCUT2D eigenvalue weighted by atomic mass is 10.0. The Bertz CT molecular complexity index is 599. The van der Waals surface area contributed by atoms with Crippen LogP contribution >= 0.6 is 0 Å². The van der Waals surface area contributed by atoms with E-state index in [0.717, 1.165) is 0 Å². The van der Waals surface area contributed by atoms with Crippen molar-refractivity contribution >= 4 is 11.8 Å². The molecular weight excluding hydrogens is 301 g/mol. The zero-order valence-electron chi connectivity index (χ0n) is 14.1. The predicted molar refractivity (Wildman–Crippen MR) is 85.1 cm³/mol. The summed E-state index contributed by atoms with van der Waals surface area (Å²) in [6, 6.07) is 4.16. The van der Waals surface area contributed by atoms with Crippen LogP contribution < -0.4 is 11.3 Å². The van der Waals surface area contributed by atoms with Gasteiger partial charge in [-0.05, 0) is 52.3 Å². The first-order chi connectivity index (χ1) is 10.5. The van der Waals surface area contributed by atoms with Crippen molar-refractivity contribution in [1.82, 2.24) is 4.90 Å². The summed E-state index contributed by atoms with van der Waals surface area (Å²) in [5, 5.41) is 0. The number of nitrogens with one attached hydrogen (secondary N) is 1. The molecule has 1 atom stereocenters. The minimum Gasteiger partial charge on any atom is -0.444 e. The van der Waals surface area contributed by atoms with Gasteiger partial charge >= 0.3 is 6.09 Å². The number of benzene rings is 1. The molecule has 3 N–H and O–H groups in total. The van der Waals surface area contributed by atoms with Crippen molar-refractivity contribution in [3.63, 3.8) is 0 Å². The number of nitrogen functional groups attached to an aromatic ring is 1. The molecule has 1 saturated heterocycles. The van der Waals surface area contributed by atoms with Crippen LogP contribution in [0.1, 0.15) is 46.2 Å². The monoisotopic (exact) mass is 325 g/mol. The molecule has 6 nitrogen and oxygen atoms in total. The van der Waals surface area contributed by atoms with Crippen LogP contribution in [-0.4, -0.2) is 28.9 Å². The highest BCUT2D eigenvalue weighted by atomic mass is 19.1. The van der Waals surface area contributed by atoms with Crippen molar-refractivity contribution in [3.05, 3.63) is 29.6 Å². The molecule has 2 rings (SSSR count). The molecule has 1 aliphatic rings. The Morgan fingerprint density at radius 2 is 2.13 bits per heavy atom. The van der Waals surface area contributed by atoms with E-state index >= 15 is 0 Å². The largest absolute Gasteiger partial charge is 0.444 e. The molecule has 1 aromatic rings. The van der Waals surface area contributed by atoms with Crippen molar-refractivity contribution in [2.24, 2.45) is 5.84 Å². The van der Waals surface area contributed by atoms with Gasteiger partial charge in [0.05, 0.1) is 18.3 Å². The summed E-state index contributed by atoms with van der Waals surface area (Å²) >= 11 is 0. The Morgan fingerprint density at radius 1 is 1.48 bits per heavy atom. The number of halogens is 1. The summed E-state index contributed by atoms with van der Waals surface area (Å²) in [6.45, 7) is 9.22. The third-order valence-corrected chi connectivity index (χ3v) is 3.61. The minimum atomic E-state index is -0.839. The molecule has 1 fully saturated rings. The van der Waals surface area contributed by atoms with Crippen molar-refractivity contribution in [2.45, 2.75) is 52.0 Å². The third-order valence-electron chi connectivity index (χ3n) is 3.61. The Hall–Kier alpha value is -1.86. The predicted octanol–water partition coefficient (Wildman–Crippen LogP) is 3.16. The molecule has 7 heteroatoms. The molecule has 128 valence electrons. The van der Waals surface area contributed by atoms with Gasteiger partial charge in [-0.1, -0.05) is 6.07 Å². The summed E-state index contributed by atoms with van der Waals surface area (Å²) in [5.41, 5.74) is 1.63. The number of rotatable bonds is 2. The molecule has 0 saturated carbocycles. The van der Waals surface area contributed by atoms with Gasteiger partial charge in [0.2, 0.25) is 0 Å². The highest BCUT2D eigenvalue weighted by molar-refractivity contribution is 5.70. The summed E-state index contributed by atoms with van der Waals surface area (Å²) in [5.74, 6) is 4.76. The van der Waals surface area contributed by atoms with Crippen molar-refractivity contribution in [2.75, 3.05) is 12.0 Å². The van der Waals surface area contributed by atoms with Crippen molar-refractivity contribution in [3.8, 4) is 0 Å². The molecule has 1 amide bonds. The molecular formula is C16H24FN3O3. The number of amides is 1. The maximum absolute atomic E-state index is 14.0. The first-order valence-corrected chi connectivity index (χ1v) is 7.47. The summed E-state index contributed by atoms with van der Waals surface area (Å²) < 4.78 is 25.2. The number of hydrogen-bond acceptors (Lipinski definition) is 5. The quantitative estimate of drug-likeness (QED) is 0.645. The number of carbonyl (C=O) groups is 1. The Labute approximate surface area is 135 Å². The van der Waals surface area contributed by atoms with E-state index in [9.17, 15) is 9.18 Å². The SMILES string of the molecule is CC(C)(C)OC(=O)N1C(c2ccc(NN)c(F)c2)COC1(C)C. The minimum absolute atomic E-state index is 0.191. The molecule has 0 spiro atoms. The number of hydrogen-bond donors (Lipinski definition) is 2. The Kier molecular flexibility index (Phi) is 4.54. The Morgan fingerprint density at radius 3 is 2.65 bits per heavy atom. The van der Waals surface area contributed by atoms with Crippen LogP contribution in [0.25, 0.3) is 0 Å². The van der Waals surface area contributed by atoms with Gasteiger partial charge in [0, 0.05) is 0 Å². The van der Waals surface area contributed by atoms with E-state index in [1.165, 1.54) is 17.0 Å². The van der Waals surface area contributed by atoms with Gasteiger partial charge in [-0.2, -0.15) is 0 Å². The van der Waals surface area contributed by atoms with Gasteiger partial charge in [-0.25, -0.2) is 9.18 Å². The van der Waals surface area contributed by atoms with Crippen LogP contribution in [-0.2, 0) is 9.47 Å². The van der Waals surface area contributed by atoms with Gasteiger partial charge in [0.15, 0.2) is 0 Å². The van der Waals surface area contributed by atoms with Crippen LogP contribution in [0.5, 0.6) is 0 Å². The number of ether oxygens (including phenoxy) is 2. The van der Waals surface area contributed by atoms with Crippen LogP contribution in [0.2, 0.25) is 0 Å². The molecule has 0 aliphatic carbocycles. The standard InChI is InChI=1S/C16H24FN3O3/c1-15(2,3)23-14(21)20-13(9-22-16(20,4)5)10-6-7-12(19-18)11(17)8-10/h6-8,13,19H,9,18H2,1-5H3. The maximum Gasteiger partial charge on any atom is 0.413 e. The Balaban J connectivity index is 2.33. The van der Waals surface area contributed by atoms with E-state index in [-0.39, 0.29) is 12.3 Å². The maximum atomic E-state index is 14.0.